The molecule has 4 aromatic rings. The number of carbonyl (C=O) groups is 1. The fourth-order valence-electron chi connectivity index (χ4n) is 2.99. The van der Waals surface area contributed by atoms with Crippen LogP contribution in [0.25, 0.3) is 11.0 Å². The average molecular weight is 442 g/mol. The molecule has 0 aliphatic heterocycles. The molecule has 2 N–H and O–H groups in total. The van der Waals surface area contributed by atoms with E-state index in [2.05, 4.69) is 15.5 Å². The normalized spacial score (nSPS) is 11.0. The number of aryl methyl sites for hydroxylation is 1. The number of amides is 1. The van der Waals surface area contributed by atoms with Gasteiger partial charge in [-0.1, -0.05) is 47.4 Å². The van der Waals surface area contributed by atoms with Gasteiger partial charge < -0.3 is 19.6 Å². The minimum Gasteiger partial charge on any atom is -0.504 e. The summed E-state index contributed by atoms with van der Waals surface area (Å²) in [6.45, 7) is 2.18. The Kier molecular flexibility index (Phi) is 5.91. The van der Waals surface area contributed by atoms with E-state index in [1.165, 1.54) is 36.3 Å². The summed E-state index contributed by atoms with van der Waals surface area (Å²) < 4.78 is 11.8. The van der Waals surface area contributed by atoms with Gasteiger partial charge in [0.2, 0.25) is 0 Å². The van der Waals surface area contributed by atoms with Crippen molar-refractivity contribution in [2.75, 3.05) is 7.11 Å². The third kappa shape index (κ3) is 4.27. The number of rotatable bonds is 7. The molecule has 2 heterocycles. The second-order valence-electron chi connectivity index (χ2n) is 6.47. The number of benzene rings is 2. The predicted octanol–water partition coefficient (Wildman–Crippen LogP) is 4.53. The van der Waals surface area contributed by atoms with Crippen molar-refractivity contribution in [3.05, 3.63) is 64.4 Å². The van der Waals surface area contributed by atoms with Crippen molar-refractivity contribution in [1.82, 2.24) is 15.5 Å². The molecule has 1 amide bonds. The maximum absolute atomic E-state index is 12.9. The van der Waals surface area contributed by atoms with Crippen LogP contribution in [0.3, 0.4) is 0 Å². The SMILES string of the molecule is COc1cc(CNC(=O)c2oc3ccccc3c2CSc2nnc(C)s2)ccc1O. The van der Waals surface area contributed by atoms with E-state index >= 15 is 0 Å². The fraction of sp³-hybridized carbons (Fsp3) is 0.190. The largest absolute Gasteiger partial charge is 0.504 e. The van der Waals surface area contributed by atoms with Crippen molar-refractivity contribution in [3.63, 3.8) is 0 Å². The number of aromatic nitrogens is 2. The van der Waals surface area contributed by atoms with E-state index in [4.69, 9.17) is 9.15 Å². The summed E-state index contributed by atoms with van der Waals surface area (Å²) in [5.41, 5.74) is 2.29. The first-order chi connectivity index (χ1) is 14.5. The van der Waals surface area contributed by atoms with Gasteiger partial charge >= 0.3 is 0 Å². The Morgan fingerprint density at radius 1 is 1.27 bits per heavy atom. The van der Waals surface area contributed by atoms with E-state index in [0.29, 0.717) is 17.1 Å². The van der Waals surface area contributed by atoms with Gasteiger partial charge in [0, 0.05) is 23.2 Å². The average Bonchev–Trinajstić information content (AvgIpc) is 3.34. The van der Waals surface area contributed by atoms with Crippen LogP contribution in [0.15, 0.2) is 51.2 Å². The number of ether oxygens (including phenoxy) is 1. The number of hydrogen-bond donors (Lipinski definition) is 2. The highest BCUT2D eigenvalue weighted by Gasteiger charge is 2.21. The molecular weight excluding hydrogens is 422 g/mol. The molecule has 0 bridgehead atoms. The van der Waals surface area contributed by atoms with Crippen LogP contribution in [0.2, 0.25) is 0 Å². The molecule has 0 saturated heterocycles. The number of para-hydroxylation sites is 1. The lowest BCUT2D eigenvalue weighted by Gasteiger charge is -2.08. The Bertz CT molecular complexity index is 1200. The number of furan rings is 1. The number of nitrogens with zero attached hydrogens (tertiary/aromatic N) is 2. The van der Waals surface area contributed by atoms with Gasteiger partial charge in [0.1, 0.15) is 10.6 Å². The smallest absolute Gasteiger partial charge is 0.287 e. The second kappa shape index (κ2) is 8.76. The number of carbonyl (C=O) groups excluding carboxylic acids is 1. The minimum atomic E-state index is -0.303. The van der Waals surface area contributed by atoms with Gasteiger partial charge in [-0.05, 0) is 30.7 Å². The van der Waals surface area contributed by atoms with Crippen LogP contribution in [0, 0.1) is 6.92 Å². The second-order valence-corrected chi connectivity index (χ2v) is 8.87. The summed E-state index contributed by atoms with van der Waals surface area (Å²) in [7, 11) is 1.48. The molecule has 7 nitrogen and oxygen atoms in total. The summed E-state index contributed by atoms with van der Waals surface area (Å²) in [6.07, 6.45) is 0. The van der Waals surface area contributed by atoms with Crippen LogP contribution >= 0.6 is 23.1 Å². The first kappa shape index (κ1) is 20.2. The third-order valence-electron chi connectivity index (χ3n) is 4.45. The van der Waals surface area contributed by atoms with Crippen LogP contribution in [0.5, 0.6) is 11.5 Å². The van der Waals surface area contributed by atoms with Crippen molar-refractivity contribution in [2.24, 2.45) is 0 Å². The molecule has 0 unspecified atom stereocenters. The van der Waals surface area contributed by atoms with Crippen LogP contribution in [0.4, 0.5) is 0 Å². The standard InChI is InChI=1S/C21H19N3O4S2/c1-12-23-24-21(30-12)29-11-15-14-5-3-4-6-17(14)28-19(15)20(26)22-10-13-7-8-16(25)18(9-13)27-2/h3-9,25H,10-11H2,1-2H3,(H,22,26). The summed E-state index contributed by atoms with van der Waals surface area (Å²) in [6, 6.07) is 12.5. The molecule has 0 atom stereocenters. The highest BCUT2D eigenvalue weighted by molar-refractivity contribution is 8.00. The number of thioether (sulfide) groups is 1. The number of methoxy groups -OCH3 is 1. The maximum Gasteiger partial charge on any atom is 0.287 e. The lowest BCUT2D eigenvalue weighted by atomic mass is 10.1. The van der Waals surface area contributed by atoms with Crippen LogP contribution in [-0.4, -0.2) is 28.3 Å². The van der Waals surface area contributed by atoms with Gasteiger partial charge in [-0.2, -0.15) is 0 Å². The first-order valence-corrected chi connectivity index (χ1v) is 10.9. The molecule has 2 aromatic heterocycles. The van der Waals surface area contributed by atoms with Crippen LogP contribution in [0.1, 0.15) is 26.7 Å². The molecule has 0 fully saturated rings. The Balaban J connectivity index is 1.55. The van der Waals surface area contributed by atoms with Crippen molar-refractivity contribution < 1.29 is 19.1 Å². The van der Waals surface area contributed by atoms with Crippen molar-refractivity contribution in [3.8, 4) is 11.5 Å². The van der Waals surface area contributed by atoms with E-state index in [1.807, 2.05) is 31.2 Å². The number of phenolic OH excluding ortho intramolecular Hbond substituents is 1. The molecule has 0 aliphatic carbocycles. The number of aromatic hydroxyl groups is 1. The van der Waals surface area contributed by atoms with E-state index in [-0.39, 0.29) is 24.0 Å². The Morgan fingerprint density at radius 2 is 2.10 bits per heavy atom. The predicted molar refractivity (Wildman–Crippen MR) is 116 cm³/mol. The Hall–Kier alpha value is -3.04. The lowest BCUT2D eigenvalue weighted by molar-refractivity contribution is 0.0924. The molecule has 2 aromatic carbocycles. The van der Waals surface area contributed by atoms with E-state index in [1.54, 1.807) is 12.1 Å². The summed E-state index contributed by atoms with van der Waals surface area (Å²) >= 11 is 3.05. The van der Waals surface area contributed by atoms with Gasteiger partial charge in [0.25, 0.3) is 5.91 Å². The quantitative estimate of drug-likeness (QED) is 0.407. The zero-order valence-corrected chi connectivity index (χ0v) is 18.0. The molecule has 0 aliphatic rings. The molecular formula is C21H19N3O4S2. The van der Waals surface area contributed by atoms with Crippen molar-refractivity contribution in [2.45, 2.75) is 23.6 Å². The molecule has 0 spiro atoms. The third-order valence-corrected chi connectivity index (χ3v) is 6.45. The zero-order valence-electron chi connectivity index (χ0n) is 16.3. The maximum atomic E-state index is 12.9. The zero-order chi connectivity index (χ0) is 21.1. The van der Waals surface area contributed by atoms with Gasteiger partial charge in [-0.3, -0.25) is 4.79 Å². The molecule has 154 valence electrons. The van der Waals surface area contributed by atoms with E-state index in [9.17, 15) is 9.90 Å². The minimum absolute atomic E-state index is 0.0519. The highest BCUT2D eigenvalue weighted by atomic mass is 32.2. The molecule has 0 saturated carbocycles. The number of hydrogen-bond acceptors (Lipinski definition) is 8. The van der Waals surface area contributed by atoms with Gasteiger partial charge in [-0.15, -0.1) is 10.2 Å². The van der Waals surface area contributed by atoms with E-state index in [0.717, 1.165) is 25.9 Å². The molecule has 9 heteroatoms. The number of fused-ring (bicyclic) bond motifs is 1. The van der Waals surface area contributed by atoms with Crippen LogP contribution in [-0.2, 0) is 12.3 Å². The topological polar surface area (TPSA) is 97.5 Å². The van der Waals surface area contributed by atoms with Crippen molar-refractivity contribution >= 4 is 40.0 Å². The molecule has 30 heavy (non-hydrogen) atoms. The lowest BCUT2D eigenvalue weighted by Crippen LogP contribution is -2.23. The first-order valence-electron chi connectivity index (χ1n) is 9.12. The number of phenols is 1. The highest BCUT2D eigenvalue weighted by Crippen LogP contribution is 2.33. The fourth-order valence-corrected chi connectivity index (χ4v) is 4.83. The number of nitrogens with one attached hydrogen (secondary N) is 1. The molecule has 0 radical (unpaired) electrons. The summed E-state index contributed by atoms with van der Waals surface area (Å²) in [4.78, 5) is 12.9. The Morgan fingerprint density at radius 3 is 2.87 bits per heavy atom. The molecule has 4 rings (SSSR count). The van der Waals surface area contributed by atoms with E-state index < -0.39 is 0 Å². The monoisotopic (exact) mass is 441 g/mol. The van der Waals surface area contributed by atoms with Gasteiger partial charge in [0.15, 0.2) is 21.6 Å². The summed E-state index contributed by atoms with van der Waals surface area (Å²) in [5.74, 6) is 0.936. The summed E-state index contributed by atoms with van der Waals surface area (Å²) in [5, 5.41) is 22.6. The Labute approximate surface area is 181 Å². The van der Waals surface area contributed by atoms with Crippen LogP contribution < -0.4 is 10.1 Å². The van der Waals surface area contributed by atoms with Crippen molar-refractivity contribution in [1.29, 1.82) is 0 Å². The van der Waals surface area contributed by atoms with Gasteiger partial charge in [-0.25, -0.2) is 0 Å². The van der Waals surface area contributed by atoms with Gasteiger partial charge in [0.05, 0.1) is 7.11 Å².